The molecule has 0 aliphatic heterocycles. The minimum absolute atomic E-state index is 0.0815. The summed E-state index contributed by atoms with van der Waals surface area (Å²) in [6.07, 6.45) is 0.760. The monoisotopic (exact) mass is 404 g/mol. The van der Waals surface area contributed by atoms with Gasteiger partial charge in [-0.2, -0.15) is 0 Å². The lowest BCUT2D eigenvalue weighted by atomic mass is 10.1. The fourth-order valence-electron chi connectivity index (χ4n) is 2.71. The number of nitrogens with one attached hydrogen (secondary N) is 1. The first kappa shape index (κ1) is 19.0. The average molecular weight is 405 g/mol. The number of hydrogen-bond donors (Lipinski definition) is 2. The van der Waals surface area contributed by atoms with Crippen LogP contribution in [0.2, 0.25) is 5.02 Å². The van der Waals surface area contributed by atoms with Crippen molar-refractivity contribution < 1.29 is 18.3 Å². The van der Waals surface area contributed by atoms with Crippen LogP contribution in [-0.4, -0.2) is 30.1 Å². The molecule has 1 heterocycles. The molecular weight excluding hydrogens is 388 g/mol. The fraction of sp³-hybridized carbons (Fsp3) is 0.105. The SMILES string of the molecule is O=C(O)NCCc1cc(-c2ccccc2)n(S(=O)(=O)c2cccc(Cl)c2)c1. The zero-order chi connectivity index (χ0) is 19.4. The smallest absolute Gasteiger partial charge is 0.404 e. The zero-order valence-electron chi connectivity index (χ0n) is 14.2. The van der Waals surface area contributed by atoms with Crippen molar-refractivity contribution in [3.63, 3.8) is 0 Å². The van der Waals surface area contributed by atoms with Crippen LogP contribution in [0.3, 0.4) is 0 Å². The summed E-state index contributed by atoms with van der Waals surface area (Å²) in [5, 5.41) is 11.3. The summed E-state index contributed by atoms with van der Waals surface area (Å²) in [4.78, 5) is 10.7. The van der Waals surface area contributed by atoms with Gasteiger partial charge in [-0.25, -0.2) is 17.2 Å². The standard InChI is InChI=1S/C19H17ClN2O4S/c20-16-7-4-8-17(12-16)27(25,26)22-13-14(9-10-21-19(23)24)11-18(22)15-5-2-1-3-6-15/h1-8,11-13,21H,9-10H2,(H,23,24). The summed E-state index contributed by atoms with van der Waals surface area (Å²) in [6, 6.07) is 17.0. The van der Waals surface area contributed by atoms with Gasteiger partial charge in [0.1, 0.15) is 0 Å². The lowest BCUT2D eigenvalue weighted by molar-refractivity contribution is 0.194. The molecule has 27 heavy (non-hydrogen) atoms. The Morgan fingerprint density at radius 3 is 2.48 bits per heavy atom. The van der Waals surface area contributed by atoms with Crippen molar-refractivity contribution in [2.75, 3.05) is 6.54 Å². The normalized spacial score (nSPS) is 11.3. The Morgan fingerprint density at radius 1 is 1.07 bits per heavy atom. The quantitative estimate of drug-likeness (QED) is 0.653. The van der Waals surface area contributed by atoms with Crippen molar-refractivity contribution in [2.45, 2.75) is 11.3 Å². The Labute approximate surface area is 162 Å². The van der Waals surface area contributed by atoms with Crippen molar-refractivity contribution in [1.29, 1.82) is 0 Å². The molecule has 140 valence electrons. The van der Waals surface area contributed by atoms with E-state index in [0.717, 1.165) is 5.56 Å². The second-order valence-electron chi connectivity index (χ2n) is 5.84. The molecule has 1 aromatic heterocycles. The molecule has 0 fully saturated rings. The highest BCUT2D eigenvalue weighted by Gasteiger charge is 2.22. The van der Waals surface area contributed by atoms with Gasteiger partial charge in [0.05, 0.1) is 10.6 Å². The average Bonchev–Trinajstić information content (AvgIpc) is 3.07. The van der Waals surface area contributed by atoms with Gasteiger partial charge in [-0.1, -0.05) is 48.0 Å². The van der Waals surface area contributed by atoms with Crippen molar-refractivity contribution in [3.05, 3.63) is 77.4 Å². The van der Waals surface area contributed by atoms with Crippen molar-refractivity contribution in [1.82, 2.24) is 9.29 Å². The largest absolute Gasteiger partial charge is 0.465 e. The maximum absolute atomic E-state index is 13.2. The Balaban J connectivity index is 2.07. The summed E-state index contributed by atoms with van der Waals surface area (Å²) in [5.41, 5.74) is 1.94. The van der Waals surface area contributed by atoms with Gasteiger partial charge in [0.25, 0.3) is 10.0 Å². The van der Waals surface area contributed by atoms with Gasteiger partial charge in [0, 0.05) is 17.8 Å². The molecule has 1 amide bonds. The van der Waals surface area contributed by atoms with Crippen LogP contribution < -0.4 is 5.32 Å². The Morgan fingerprint density at radius 2 is 1.81 bits per heavy atom. The first-order valence-corrected chi connectivity index (χ1v) is 9.94. The van der Waals surface area contributed by atoms with E-state index in [1.807, 2.05) is 30.3 Å². The summed E-state index contributed by atoms with van der Waals surface area (Å²) in [7, 11) is -3.87. The van der Waals surface area contributed by atoms with Crippen LogP contribution >= 0.6 is 11.6 Å². The Hall–Kier alpha value is -2.77. The molecule has 0 saturated carbocycles. The van der Waals surface area contributed by atoms with E-state index >= 15 is 0 Å². The van der Waals surface area contributed by atoms with Crippen LogP contribution in [0.25, 0.3) is 11.3 Å². The zero-order valence-corrected chi connectivity index (χ0v) is 15.7. The maximum atomic E-state index is 13.2. The molecule has 2 aromatic carbocycles. The van der Waals surface area contributed by atoms with Crippen LogP contribution in [-0.2, 0) is 16.4 Å². The third-order valence-electron chi connectivity index (χ3n) is 3.95. The molecular formula is C19H17ClN2O4S. The molecule has 3 aromatic rings. The van der Waals surface area contributed by atoms with Crippen LogP contribution in [0.1, 0.15) is 5.56 Å². The van der Waals surface area contributed by atoms with Crippen LogP contribution in [0.5, 0.6) is 0 Å². The number of amides is 1. The molecule has 0 unspecified atom stereocenters. The number of hydrogen-bond acceptors (Lipinski definition) is 3. The van der Waals surface area contributed by atoms with E-state index in [9.17, 15) is 13.2 Å². The first-order valence-electron chi connectivity index (χ1n) is 8.12. The number of carboxylic acid groups (broad SMARTS) is 1. The predicted octanol–water partition coefficient (Wildman–Crippen LogP) is 3.86. The number of aromatic nitrogens is 1. The highest BCUT2D eigenvalue weighted by molar-refractivity contribution is 7.90. The highest BCUT2D eigenvalue weighted by Crippen LogP contribution is 2.28. The van der Waals surface area contributed by atoms with E-state index in [1.165, 1.54) is 22.3 Å². The molecule has 8 heteroatoms. The lowest BCUT2D eigenvalue weighted by Crippen LogP contribution is -2.23. The van der Waals surface area contributed by atoms with E-state index < -0.39 is 16.1 Å². The Bertz CT molecular complexity index is 1060. The van der Waals surface area contributed by atoms with E-state index in [-0.39, 0.29) is 11.4 Å². The van der Waals surface area contributed by atoms with Gasteiger partial charge in [-0.3, -0.25) is 0 Å². The number of carbonyl (C=O) groups is 1. The number of rotatable bonds is 6. The van der Waals surface area contributed by atoms with Gasteiger partial charge in [0.2, 0.25) is 0 Å². The first-order chi connectivity index (χ1) is 12.9. The van der Waals surface area contributed by atoms with E-state index in [0.29, 0.717) is 22.7 Å². The summed E-state index contributed by atoms with van der Waals surface area (Å²) >= 11 is 5.96. The minimum atomic E-state index is -3.87. The third kappa shape index (κ3) is 4.32. The van der Waals surface area contributed by atoms with E-state index in [4.69, 9.17) is 16.7 Å². The summed E-state index contributed by atoms with van der Waals surface area (Å²) < 4.78 is 27.6. The molecule has 3 rings (SSSR count). The van der Waals surface area contributed by atoms with E-state index in [1.54, 1.807) is 18.2 Å². The molecule has 0 saturated heterocycles. The van der Waals surface area contributed by atoms with E-state index in [2.05, 4.69) is 5.32 Å². The van der Waals surface area contributed by atoms with Crippen molar-refractivity contribution in [2.24, 2.45) is 0 Å². The lowest BCUT2D eigenvalue weighted by Gasteiger charge is -2.11. The molecule has 6 nitrogen and oxygen atoms in total. The van der Waals surface area contributed by atoms with Crippen LogP contribution in [0, 0.1) is 0 Å². The molecule has 0 spiro atoms. The molecule has 0 bridgehead atoms. The molecule has 0 aliphatic rings. The van der Waals surface area contributed by atoms with Gasteiger partial charge < -0.3 is 10.4 Å². The third-order valence-corrected chi connectivity index (χ3v) is 5.86. The topological polar surface area (TPSA) is 88.4 Å². The number of benzene rings is 2. The summed E-state index contributed by atoms with van der Waals surface area (Å²) in [5.74, 6) is 0. The van der Waals surface area contributed by atoms with Gasteiger partial charge >= 0.3 is 6.09 Å². The van der Waals surface area contributed by atoms with Crippen molar-refractivity contribution >= 4 is 27.7 Å². The second-order valence-corrected chi connectivity index (χ2v) is 8.09. The predicted molar refractivity (Wildman–Crippen MR) is 104 cm³/mol. The highest BCUT2D eigenvalue weighted by atomic mass is 35.5. The Kier molecular flexibility index (Phi) is 5.53. The van der Waals surface area contributed by atoms with Gasteiger partial charge in [-0.15, -0.1) is 0 Å². The molecule has 0 aliphatic carbocycles. The number of nitrogens with zero attached hydrogens (tertiary/aromatic N) is 1. The van der Waals surface area contributed by atoms with Crippen LogP contribution in [0.15, 0.2) is 71.8 Å². The molecule has 0 radical (unpaired) electrons. The van der Waals surface area contributed by atoms with Gasteiger partial charge in [-0.05, 0) is 41.8 Å². The fourth-order valence-corrected chi connectivity index (χ4v) is 4.41. The maximum Gasteiger partial charge on any atom is 0.404 e. The van der Waals surface area contributed by atoms with Crippen LogP contribution in [0.4, 0.5) is 4.79 Å². The summed E-state index contributed by atoms with van der Waals surface area (Å²) in [6.45, 7) is 0.185. The second kappa shape index (κ2) is 7.85. The molecule has 2 N–H and O–H groups in total. The number of halogens is 1. The van der Waals surface area contributed by atoms with Gasteiger partial charge in [0.15, 0.2) is 0 Å². The molecule has 0 atom stereocenters. The van der Waals surface area contributed by atoms with Crippen molar-refractivity contribution in [3.8, 4) is 11.3 Å². The minimum Gasteiger partial charge on any atom is -0.465 e.